The quantitative estimate of drug-likeness (QED) is 0.924. The Hall–Kier alpha value is -1.62. The minimum Gasteiger partial charge on any atom is -0.465 e. The molecule has 102 valence electrons. The molecule has 0 radical (unpaired) electrons. The number of halogens is 1. The number of imidazole rings is 1. The van der Waals surface area contributed by atoms with Crippen LogP contribution >= 0.6 is 0 Å². The van der Waals surface area contributed by atoms with E-state index < -0.39 is 0 Å². The van der Waals surface area contributed by atoms with Gasteiger partial charge in [-0.3, -0.25) is 4.57 Å². The molecule has 5 heteroatoms. The van der Waals surface area contributed by atoms with Gasteiger partial charge in [0.25, 0.3) is 6.01 Å². The van der Waals surface area contributed by atoms with Crippen molar-refractivity contribution in [2.24, 2.45) is 0 Å². The predicted octanol–water partition coefficient (Wildman–Crippen LogP) is 2.50. The number of hydrogen-bond acceptors (Lipinski definition) is 3. The molecular weight excluding hydrogens is 245 g/mol. The van der Waals surface area contributed by atoms with Gasteiger partial charge in [-0.1, -0.05) is 0 Å². The van der Waals surface area contributed by atoms with E-state index in [0.29, 0.717) is 24.2 Å². The van der Waals surface area contributed by atoms with E-state index >= 15 is 0 Å². The highest BCUT2D eigenvalue weighted by molar-refractivity contribution is 5.77. The Morgan fingerprint density at radius 1 is 1.42 bits per heavy atom. The van der Waals surface area contributed by atoms with E-state index in [1.54, 1.807) is 6.07 Å². The molecule has 0 unspecified atom stereocenters. The first-order chi connectivity index (χ1) is 9.29. The van der Waals surface area contributed by atoms with E-state index in [4.69, 9.17) is 4.74 Å². The molecule has 1 N–H and O–H groups in total. The zero-order chi connectivity index (χ0) is 13.2. The number of ether oxygens (including phenoxy) is 1. The van der Waals surface area contributed by atoms with Gasteiger partial charge in [-0.25, -0.2) is 4.39 Å². The summed E-state index contributed by atoms with van der Waals surface area (Å²) in [7, 11) is 0. The summed E-state index contributed by atoms with van der Waals surface area (Å²) in [6.07, 6.45) is 2.09. The molecule has 0 atom stereocenters. The van der Waals surface area contributed by atoms with Crippen molar-refractivity contribution in [3.05, 3.63) is 24.0 Å². The maximum Gasteiger partial charge on any atom is 0.297 e. The van der Waals surface area contributed by atoms with E-state index in [2.05, 4.69) is 14.9 Å². The third-order valence-corrected chi connectivity index (χ3v) is 3.57. The summed E-state index contributed by atoms with van der Waals surface area (Å²) in [5.74, 6) is -0.259. The summed E-state index contributed by atoms with van der Waals surface area (Å²) in [4.78, 5) is 4.42. The summed E-state index contributed by atoms with van der Waals surface area (Å²) >= 11 is 0. The molecule has 0 amide bonds. The maximum atomic E-state index is 13.3. The van der Waals surface area contributed by atoms with Crippen LogP contribution in [0.25, 0.3) is 11.0 Å². The zero-order valence-corrected chi connectivity index (χ0v) is 11.0. The van der Waals surface area contributed by atoms with Crippen LogP contribution in [0.15, 0.2) is 18.2 Å². The molecule has 1 aliphatic rings. The third-order valence-electron chi connectivity index (χ3n) is 3.57. The third kappa shape index (κ3) is 2.30. The van der Waals surface area contributed by atoms with Crippen molar-refractivity contribution in [2.45, 2.75) is 25.8 Å². The van der Waals surface area contributed by atoms with Crippen molar-refractivity contribution >= 4 is 11.0 Å². The molecule has 1 fully saturated rings. The van der Waals surface area contributed by atoms with Gasteiger partial charge in [-0.05, 0) is 45.0 Å². The Morgan fingerprint density at radius 2 is 2.21 bits per heavy atom. The monoisotopic (exact) mass is 263 g/mol. The van der Waals surface area contributed by atoms with E-state index in [-0.39, 0.29) is 5.82 Å². The standard InChI is InChI=1S/C14H18FN3O/c1-2-19-14-17-12-9-10(15)3-4-13(12)18(14)11-5-7-16-8-6-11/h3-4,9,11,16H,2,5-8H2,1H3. The number of nitrogens with one attached hydrogen (secondary N) is 1. The average Bonchev–Trinajstić information content (AvgIpc) is 2.77. The molecule has 4 nitrogen and oxygen atoms in total. The molecule has 19 heavy (non-hydrogen) atoms. The highest BCUT2D eigenvalue weighted by Crippen LogP contribution is 2.30. The minimum atomic E-state index is -0.259. The minimum absolute atomic E-state index is 0.259. The summed E-state index contributed by atoms with van der Waals surface area (Å²) in [6, 6.07) is 5.72. The lowest BCUT2D eigenvalue weighted by atomic mass is 10.1. The van der Waals surface area contributed by atoms with E-state index in [1.165, 1.54) is 12.1 Å². The van der Waals surface area contributed by atoms with Crippen LogP contribution in [0.1, 0.15) is 25.8 Å². The second kappa shape index (κ2) is 5.17. The number of aromatic nitrogens is 2. The molecule has 2 heterocycles. The van der Waals surface area contributed by atoms with Gasteiger partial charge in [-0.2, -0.15) is 4.98 Å². The van der Waals surface area contributed by atoms with Crippen LogP contribution < -0.4 is 10.1 Å². The van der Waals surface area contributed by atoms with Crippen LogP contribution in [-0.4, -0.2) is 29.2 Å². The first kappa shape index (κ1) is 12.4. The number of hydrogen-bond donors (Lipinski definition) is 1. The molecule has 1 saturated heterocycles. The van der Waals surface area contributed by atoms with Crippen LogP contribution in [-0.2, 0) is 0 Å². The Morgan fingerprint density at radius 3 is 2.95 bits per heavy atom. The molecule has 3 rings (SSSR count). The molecular formula is C14H18FN3O. The van der Waals surface area contributed by atoms with Gasteiger partial charge >= 0.3 is 0 Å². The van der Waals surface area contributed by atoms with Crippen LogP contribution in [0, 0.1) is 5.82 Å². The summed E-state index contributed by atoms with van der Waals surface area (Å²) in [5.41, 5.74) is 1.62. The Bertz CT molecular complexity index is 575. The van der Waals surface area contributed by atoms with Gasteiger partial charge < -0.3 is 10.1 Å². The van der Waals surface area contributed by atoms with Crippen LogP contribution in [0.3, 0.4) is 0 Å². The van der Waals surface area contributed by atoms with Gasteiger partial charge in [0.1, 0.15) is 5.82 Å². The SMILES string of the molecule is CCOc1nc2cc(F)ccc2n1C1CCNCC1. The summed E-state index contributed by atoms with van der Waals surface area (Å²) in [5, 5.41) is 3.35. The fraction of sp³-hybridized carbons (Fsp3) is 0.500. The lowest BCUT2D eigenvalue weighted by Gasteiger charge is -2.25. The smallest absolute Gasteiger partial charge is 0.297 e. The fourth-order valence-corrected chi connectivity index (χ4v) is 2.70. The van der Waals surface area contributed by atoms with Crippen molar-refractivity contribution in [3.63, 3.8) is 0 Å². The highest BCUT2D eigenvalue weighted by atomic mass is 19.1. The van der Waals surface area contributed by atoms with Crippen molar-refractivity contribution in [2.75, 3.05) is 19.7 Å². The van der Waals surface area contributed by atoms with Gasteiger partial charge in [0.15, 0.2) is 0 Å². The van der Waals surface area contributed by atoms with Crippen molar-refractivity contribution < 1.29 is 9.13 Å². The highest BCUT2D eigenvalue weighted by Gasteiger charge is 2.22. The van der Waals surface area contributed by atoms with E-state index in [1.807, 2.05) is 6.92 Å². The Kier molecular flexibility index (Phi) is 3.38. The van der Waals surface area contributed by atoms with Crippen molar-refractivity contribution in [1.29, 1.82) is 0 Å². The van der Waals surface area contributed by atoms with Gasteiger partial charge in [0.2, 0.25) is 0 Å². The molecule has 0 aliphatic carbocycles. The summed E-state index contributed by atoms with van der Waals surface area (Å²) in [6.45, 7) is 4.50. The molecule has 1 aromatic carbocycles. The van der Waals surface area contributed by atoms with Gasteiger partial charge in [-0.15, -0.1) is 0 Å². The topological polar surface area (TPSA) is 39.1 Å². The molecule has 0 saturated carbocycles. The second-order valence-electron chi connectivity index (χ2n) is 4.81. The van der Waals surface area contributed by atoms with Gasteiger partial charge in [0, 0.05) is 12.1 Å². The van der Waals surface area contributed by atoms with Crippen LogP contribution in [0.2, 0.25) is 0 Å². The number of fused-ring (bicyclic) bond motifs is 1. The molecule has 0 spiro atoms. The fourth-order valence-electron chi connectivity index (χ4n) is 2.70. The average molecular weight is 263 g/mol. The molecule has 2 aromatic rings. The van der Waals surface area contributed by atoms with Crippen LogP contribution in [0.4, 0.5) is 4.39 Å². The Labute approximate surface area is 111 Å². The number of benzene rings is 1. The normalized spacial score (nSPS) is 16.9. The first-order valence-corrected chi connectivity index (χ1v) is 6.80. The molecule has 0 bridgehead atoms. The van der Waals surface area contributed by atoms with E-state index in [9.17, 15) is 4.39 Å². The lowest BCUT2D eigenvalue weighted by Crippen LogP contribution is -2.29. The predicted molar refractivity (Wildman–Crippen MR) is 72.0 cm³/mol. The Balaban J connectivity index is 2.09. The van der Waals surface area contributed by atoms with Crippen LogP contribution in [0.5, 0.6) is 6.01 Å². The summed E-state index contributed by atoms with van der Waals surface area (Å²) < 4.78 is 21.1. The van der Waals surface area contributed by atoms with Gasteiger partial charge in [0.05, 0.1) is 17.6 Å². The van der Waals surface area contributed by atoms with E-state index in [0.717, 1.165) is 31.4 Å². The molecule has 1 aromatic heterocycles. The first-order valence-electron chi connectivity index (χ1n) is 6.80. The van der Waals surface area contributed by atoms with Crippen molar-refractivity contribution in [1.82, 2.24) is 14.9 Å². The van der Waals surface area contributed by atoms with Crippen molar-refractivity contribution in [3.8, 4) is 6.01 Å². The largest absolute Gasteiger partial charge is 0.465 e. The molecule has 1 aliphatic heterocycles. The maximum absolute atomic E-state index is 13.3. The number of nitrogens with zero attached hydrogens (tertiary/aromatic N) is 2. The zero-order valence-electron chi connectivity index (χ0n) is 11.0. The lowest BCUT2D eigenvalue weighted by molar-refractivity contribution is 0.270. The number of rotatable bonds is 3. The number of piperidine rings is 1. The second-order valence-corrected chi connectivity index (χ2v) is 4.81.